The Labute approximate surface area is 182 Å². The molecule has 1 unspecified atom stereocenters. The summed E-state index contributed by atoms with van der Waals surface area (Å²) in [4.78, 5) is 20.4. The predicted molar refractivity (Wildman–Crippen MR) is 127 cm³/mol. The molecule has 1 aromatic carbocycles. The minimum Gasteiger partial charge on any atom is -0.591 e. The Morgan fingerprint density at radius 1 is 1.23 bits per heavy atom. The van der Waals surface area contributed by atoms with Crippen molar-refractivity contribution in [2.24, 2.45) is 16.9 Å². The summed E-state index contributed by atoms with van der Waals surface area (Å²) in [5.41, 5.74) is 3.27. The van der Waals surface area contributed by atoms with Crippen LogP contribution in [0, 0.1) is 12.3 Å². The molecule has 1 saturated heterocycles. The second kappa shape index (κ2) is 8.00. The SMILES string of the molecule is CC(=N[S+]([O-])C(C)(C)C)c1cc(C)cc2c(=O)n(C)c(N3CCC(C)(C)CC3)nc12. The molecule has 164 valence electrons. The molecular weight excluding hydrogens is 396 g/mol. The summed E-state index contributed by atoms with van der Waals surface area (Å²) in [6.07, 6.45) is 2.12. The Morgan fingerprint density at radius 3 is 2.40 bits per heavy atom. The van der Waals surface area contributed by atoms with Crippen molar-refractivity contribution in [1.29, 1.82) is 0 Å². The van der Waals surface area contributed by atoms with Crippen molar-refractivity contribution >= 4 is 33.9 Å². The molecule has 1 atom stereocenters. The molecule has 0 radical (unpaired) electrons. The van der Waals surface area contributed by atoms with Crippen LogP contribution >= 0.6 is 0 Å². The molecule has 6 nitrogen and oxygen atoms in total. The maximum absolute atomic E-state index is 13.2. The lowest BCUT2D eigenvalue weighted by molar-refractivity contribution is 0.277. The molecule has 0 bridgehead atoms. The minimum absolute atomic E-state index is 0.0606. The molecule has 0 spiro atoms. The molecule has 3 rings (SSSR count). The van der Waals surface area contributed by atoms with Crippen molar-refractivity contribution in [2.75, 3.05) is 18.0 Å². The first-order valence-corrected chi connectivity index (χ1v) is 11.6. The first-order valence-electron chi connectivity index (χ1n) is 10.5. The van der Waals surface area contributed by atoms with E-state index < -0.39 is 16.1 Å². The van der Waals surface area contributed by atoms with Gasteiger partial charge in [0, 0.05) is 25.7 Å². The summed E-state index contributed by atoms with van der Waals surface area (Å²) in [5.74, 6) is 0.692. The highest BCUT2D eigenvalue weighted by Crippen LogP contribution is 2.32. The van der Waals surface area contributed by atoms with E-state index in [1.165, 1.54) is 0 Å². The third-order valence-corrected chi connectivity index (χ3v) is 7.32. The van der Waals surface area contributed by atoms with Crippen LogP contribution in [0.5, 0.6) is 0 Å². The highest BCUT2D eigenvalue weighted by Gasteiger charge is 2.29. The number of benzene rings is 1. The molecule has 1 fully saturated rings. The fourth-order valence-corrected chi connectivity index (χ4v) is 4.31. The highest BCUT2D eigenvalue weighted by molar-refractivity contribution is 7.91. The molecule has 1 aliphatic rings. The zero-order valence-electron chi connectivity index (χ0n) is 19.5. The van der Waals surface area contributed by atoms with Crippen molar-refractivity contribution in [2.45, 2.75) is 66.1 Å². The predicted octanol–water partition coefficient (Wildman–Crippen LogP) is 4.14. The zero-order chi connectivity index (χ0) is 22.4. The van der Waals surface area contributed by atoms with Crippen LogP contribution in [0.1, 0.15) is 65.5 Å². The van der Waals surface area contributed by atoms with E-state index in [4.69, 9.17) is 4.98 Å². The van der Waals surface area contributed by atoms with Crippen LogP contribution in [0.15, 0.2) is 21.3 Å². The van der Waals surface area contributed by atoms with E-state index in [1.54, 1.807) is 11.6 Å². The van der Waals surface area contributed by atoms with Gasteiger partial charge in [0.05, 0.1) is 16.6 Å². The molecule has 0 N–H and O–H groups in total. The van der Waals surface area contributed by atoms with Crippen LogP contribution in [0.25, 0.3) is 10.9 Å². The lowest BCUT2D eigenvalue weighted by atomic mass is 9.83. The van der Waals surface area contributed by atoms with Crippen LogP contribution in [0.3, 0.4) is 0 Å². The summed E-state index contributed by atoms with van der Waals surface area (Å²) in [6.45, 7) is 15.8. The summed E-state index contributed by atoms with van der Waals surface area (Å²) < 4.78 is 18.3. The summed E-state index contributed by atoms with van der Waals surface area (Å²) in [7, 11) is 1.79. The van der Waals surface area contributed by atoms with E-state index in [9.17, 15) is 9.35 Å². The number of anilines is 1. The zero-order valence-corrected chi connectivity index (χ0v) is 20.3. The van der Waals surface area contributed by atoms with Gasteiger partial charge in [0.1, 0.15) is 16.1 Å². The molecule has 1 aromatic heterocycles. The summed E-state index contributed by atoms with van der Waals surface area (Å²) >= 11 is -1.38. The number of nitrogens with zero attached hydrogens (tertiary/aromatic N) is 4. The first-order chi connectivity index (χ1) is 13.8. The Bertz CT molecular complexity index is 1040. The van der Waals surface area contributed by atoms with Crippen LogP contribution in [0.4, 0.5) is 5.95 Å². The molecule has 7 heteroatoms. The minimum atomic E-state index is -1.38. The number of aromatic nitrogens is 2. The molecule has 2 heterocycles. The smallest absolute Gasteiger partial charge is 0.262 e. The normalized spacial score (nSPS) is 18.7. The number of fused-ring (bicyclic) bond motifs is 1. The van der Waals surface area contributed by atoms with E-state index in [0.717, 1.165) is 37.1 Å². The molecule has 30 heavy (non-hydrogen) atoms. The Kier molecular flexibility index (Phi) is 6.09. The highest BCUT2D eigenvalue weighted by atomic mass is 32.2. The van der Waals surface area contributed by atoms with Crippen molar-refractivity contribution in [3.8, 4) is 0 Å². The second-order valence-corrected chi connectivity index (χ2v) is 12.1. The summed E-state index contributed by atoms with van der Waals surface area (Å²) in [5, 5.41) is 0.574. The van der Waals surface area contributed by atoms with Gasteiger partial charge in [-0.15, -0.1) is 0 Å². The van der Waals surface area contributed by atoms with Crippen molar-refractivity contribution in [3.05, 3.63) is 33.6 Å². The lowest BCUT2D eigenvalue weighted by Gasteiger charge is -2.38. The van der Waals surface area contributed by atoms with E-state index in [1.807, 2.05) is 46.8 Å². The van der Waals surface area contributed by atoms with E-state index in [0.29, 0.717) is 28.0 Å². The maximum Gasteiger partial charge on any atom is 0.262 e. The van der Waals surface area contributed by atoms with Gasteiger partial charge in [-0.05, 0) is 70.6 Å². The summed E-state index contributed by atoms with van der Waals surface area (Å²) in [6, 6.07) is 3.86. The van der Waals surface area contributed by atoms with Crippen LogP contribution in [0.2, 0.25) is 0 Å². The van der Waals surface area contributed by atoms with Gasteiger partial charge in [-0.3, -0.25) is 9.36 Å². The van der Waals surface area contributed by atoms with Crippen molar-refractivity contribution < 1.29 is 4.55 Å². The quantitative estimate of drug-likeness (QED) is 0.542. The van der Waals surface area contributed by atoms with Crippen molar-refractivity contribution in [3.63, 3.8) is 0 Å². The molecule has 0 saturated carbocycles. The second-order valence-electron chi connectivity index (χ2n) is 10.2. The average Bonchev–Trinajstić information content (AvgIpc) is 2.64. The Balaban J connectivity index is 2.16. The Morgan fingerprint density at radius 2 is 1.83 bits per heavy atom. The Hall–Kier alpha value is -1.86. The first kappa shape index (κ1) is 22.8. The van der Waals surface area contributed by atoms with Crippen LogP contribution in [-0.2, 0) is 18.4 Å². The number of rotatable bonds is 3. The van der Waals surface area contributed by atoms with Gasteiger partial charge >= 0.3 is 0 Å². The number of hydrogen-bond donors (Lipinski definition) is 0. The monoisotopic (exact) mass is 430 g/mol. The average molecular weight is 431 g/mol. The largest absolute Gasteiger partial charge is 0.591 e. The topological polar surface area (TPSA) is 73.6 Å². The molecule has 0 amide bonds. The van der Waals surface area contributed by atoms with Gasteiger partial charge < -0.3 is 9.45 Å². The van der Waals surface area contributed by atoms with Crippen molar-refractivity contribution in [1.82, 2.24) is 9.55 Å². The van der Waals surface area contributed by atoms with Gasteiger partial charge in [0.15, 0.2) is 0 Å². The third kappa shape index (κ3) is 4.57. The van der Waals surface area contributed by atoms with Gasteiger partial charge in [-0.2, -0.15) is 0 Å². The van der Waals surface area contributed by atoms with E-state index in [2.05, 4.69) is 23.1 Å². The van der Waals surface area contributed by atoms with E-state index >= 15 is 0 Å². The van der Waals surface area contributed by atoms with Gasteiger partial charge in [0.25, 0.3) is 5.56 Å². The fraction of sp³-hybridized carbons (Fsp3) is 0.609. The van der Waals surface area contributed by atoms with Crippen LogP contribution in [-0.4, -0.2) is 37.7 Å². The molecule has 2 aromatic rings. The number of aryl methyl sites for hydroxylation is 1. The van der Waals surface area contributed by atoms with Crippen LogP contribution < -0.4 is 10.5 Å². The lowest BCUT2D eigenvalue weighted by Crippen LogP contribution is -2.40. The molecular formula is C23H34N4O2S. The molecule has 0 aliphatic carbocycles. The van der Waals surface area contributed by atoms with E-state index in [-0.39, 0.29) is 5.56 Å². The van der Waals surface area contributed by atoms with Gasteiger partial charge in [-0.25, -0.2) is 4.98 Å². The maximum atomic E-state index is 13.2. The number of hydrogen-bond acceptors (Lipinski definition) is 5. The number of piperidine rings is 1. The third-order valence-electron chi connectivity index (χ3n) is 5.83. The fourth-order valence-electron chi connectivity index (χ4n) is 3.69. The standard InChI is InChI=1S/C23H34N4O2S/c1-15-13-17(16(2)25-30(29)22(3,4)5)19-18(14-15)20(28)26(8)21(24-19)27-11-9-23(6,7)10-12-27/h13-14H,9-12H2,1-8H3. The molecule has 1 aliphatic heterocycles. The van der Waals surface area contributed by atoms with Gasteiger partial charge in [-0.1, -0.05) is 18.2 Å². The van der Waals surface area contributed by atoms with Gasteiger partial charge in [0.2, 0.25) is 5.95 Å².